The van der Waals surface area contributed by atoms with Gasteiger partial charge < -0.3 is 10.6 Å². The number of nitrogens with one attached hydrogen (secondary N) is 2. The minimum atomic E-state index is -0.248. The third-order valence-corrected chi connectivity index (χ3v) is 3.66. The number of aryl methyl sites for hydroxylation is 1. The van der Waals surface area contributed by atoms with Gasteiger partial charge in [-0.05, 0) is 38.4 Å². The quantitative estimate of drug-likeness (QED) is 0.835. The van der Waals surface area contributed by atoms with Gasteiger partial charge in [0.2, 0.25) is 5.91 Å². The second-order valence-electron chi connectivity index (χ2n) is 4.65. The van der Waals surface area contributed by atoms with Crippen LogP contribution in [-0.2, 0) is 4.79 Å². The standard InChI is InChI=1S/C13H19N3O/c1-3-13(6-8-14-9-13)12(17)16-11-5-4-7-15-10(11)2/h4-5,7,14H,3,6,8-9H2,1-2H3,(H,16,17). The molecule has 0 spiro atoms. The van der Waals surface area contributed by atoms with Gasteiger partial charge in [0.05, 0.1) is 16.8 Å². The number of carbonyl (C=O) groups is 1. The summed E-state index contributed by atoms with van der Waals surface area (Å²) in [5.74, 6) is 0.112. The Balaban J connectivity index is 2.14. The van der Waals surface area contributed by atoms with E-state index >= 15 is 0 Å². The van der Waals surface area contributed by atoms with E-state index in [9.17, 15) is 4.79 Å². The number of hydrogen-bond donors (Lipinski definition) is 2. The lowest BCUT2D eigenvalue weighted by molar-refractivity contribution is -0.124. The minimum Gasteiger partial charge on any atom is -0.324 e. The van der Waals surface area contributed by atoms with E-state index in [2.05, 4.69) is 22.5 Å². The molecule has 1 aromatic rings. The summed E-state index contributed by atoms with van der Waals surface area (Å²) in [6, 6.07) is 3.74. The Bertz CT molecular complexity index is 411. The highest BCUT2D eigenvalue weighted by Crippen LogP contribution is 2.31. The van der Waals surface area contributed by atoms with E-state index in [-0.39, 0.29) is 11.3 Å². The summed E-state index contributed by atoms with van der Waals surface area (Å²) in [5.41, 5.74) is 1.43. The van der Waals surface area contributed by atoms with Crippen LogP contribution in [0.1, 0.15) is 25.5 Å². The normalized spacial score (nSPS) is 23.6. The van der Waals surface area contributed by atoms with E-state index in [1.807, 2.05) is 19.1 Å². The molecular weight excluding hydrogens is 214 g/mol. The Morgan fingerprint density at radius 1 is 1.65 bits per heavy atom. The number of anilines is 1. The summed E-state index contributed by atoms with van der Waals surface area (Å²) in [4.78, 5) is 16.5. The second kappa shape index (κ2) is 4.84. The van der Waals surface area contributed by atoms with Gasteiger partial charge in [-0.25, -0.2) is 0 Å². The number of pyridine rings is 1. The number of hydrogen-bond acceptors (Lipinski definition) is 3. The molecule has 2 N–H and O–H groups in total. The molecule has 92 valence electrons. The molecule has 0 aromatic carbocycles. The van der Waals surface area contributed by atoms with Crippen LogP contribution in [0.15, 0.2) is 18.3 Å². The summed E-state index contributed by atoms with van der Waals surface area (Å²) in [5, 5.41) is 6.27. The van der Waals surface area contributed by atoms with Gasteiger partial charge in [-0.2, -0.15) is 0 Å². The van der Waals surface area contributed by atoms with Crippen molar-refractivity contribution >= 4 is 11.6 Å². The molecule has 1 aliphatic rings. The van der Waals surface area contributed by atoms with Gasteiger partial charge in [0.15, 0.2) is 0 Å². The van der Waals surface area contributed by atoms with Crippen molar-refractivity contribution in [2.75, 3.05) is 18.4 Å². The summed E-state index contributed by atoms with van der Waals surface area (Å²) in [6.45, 7) is 5.67. The molecule has 1 fully saturated rings. The smallest absolute Gasteiger partial charge is 0.231 e. The first-order chi connectivity index (χ1) is 8.18. The van der Waals surface area contributed by atoms with Crippen LogP contribution in [0, 0.1) is 12.3 Å². The van der Waals surface area contributed by atoms with E-state index in [4.69, 9.17) is 0 Å². The van der Waals surface area contributed by atoms with Crippen LogP contribution in [0.3, 0.4) is 0 Å². The molecular formula is C13H19N3O. The van der Waals surface area contributed by atoms with Crippen molar-refractivity contribution in [1.82, 2.24) is 10.3 Å². The SMILES string of the molecule is CCC1(C(=O)Nc2cccnc2C)CCNC1. The molecule has 0 radical (unpaired) electrons. The zero-order valence-corrected chi connectivity index (χ0v) is 10.4. The van der Waals surface area contributed by atoms with Crippen LogP contribution in [0.5, 0.6) is 0 Å². The average Bonchev–Trinajstić information content (AvgIpc) is 2.82. The van der Waals surface area contributed by atoms with Gasteiger partial charge in [0, 0.05) is 12.7 Å². The number of rotatable bonds is 3. The molecule has 17 heavy (non-hydrogen) atoms. The first-order valence-electron chi connectivity index (χ1n) is 6.12. The topological polar surface area (TPSA) is 54.0 Å². The largest absolute Gasteiger partial charge is 0.324 e. The molecule has 0 aliphatic carbocycles. The predicted octanol–water partition coefficient (Wildman–Crippen LogP) is 1.72. The molecule has 2 heterocycles. The minimum absolute atomic E-state index is 0.112. The highest BCUT2D eigenvalue weighted by molar-refractivity contribution is 5.96. The molecule has 1 amide bonds. The molecule has 0 bridgehead atoms. The number of aromatic nitrogens is 1. The first kappa shape index (κ1) is 12.0. The Labute approximate surface area is 102 Å². The maximum Gasteiger partial charge on any atom is 0.231 e. The lowest BCUT2D eigenvalue weighted by Crippen LogP contribution is -2.37. The Kier molecular flexibility index (Phi) is 3.43. The predicted molar refractivity (Wildman–Crippen MR) is 67.8 cm³/mol. The van der Waals surface area contributed by atoms with Crippen LogP contribution >= 0.6 is 0 Å². The second-order valence-corrected chi connectivity index (χ2v) is 4.65. The van der Waals surface area contributed by atoms with Gasteiger partial charge >= 0.3 is 0 Å². The van der Waals surface area contributed by atoms with Crippen molar-refractivity contribution in [3.05, 3.63) is 24.0 Å². The average molecular weight is 233 g/mol. The highest BCUT2D eigenvalue weighted by atomic mass is 16.2. The van der Waals surface area contributed by atoms with E-state index in [1.165, 1.54) is 0 Å². The molecule has 4 nitrogen and oxygen atoms in total. The van der Waals surface area contributed by atoms with Gasteiger partial charge in [0.25, 0.3) is 0 Å². The van der Waals surface area contributed by atoms with Gasteiger partial charge in [-0.3, -0.25) is 9.78 Å². The summed E-state index contributed by atoms with van der Waals surface area (Å²) >= 11 is 0. The zero-order chi connectivity index (χ0) is 12.3. The van der Waals surface area contributed by atoms with Crippen molar-refractivity contribution in [3.8, 4) is 0 Å². The molecule has 2 rings (SSSR count). The molecule has 1 atom stereocenters. The maximum atomic E-state index is 12.3. The first-order valence-corrected chi connectivity index (χ1v) is 6.12. The fourth-order valence-electron chi connectivity index (χ4n) is 2.27. The maximum absolute atomic E-state index is 12.3. The number of nitrogens with zero attached hydrogens (tertiary/aromatic N) is 1. The fourth-order valence-corrected chi connectivity index (χ4v) is 2.27. The third-order valence-electron chi connectivity index (χ3n) is 3.66. The lowest BCUT2D eigenvalue weighted by atomic mass is 9.83. The fraction of sp³-hybridized carbons (Fsp3) is 0.538. The summed E-state index contributed by atoms with van der Waals surface area (Å²) in [6.07, 6.45) is 3.51. The van der Waals surface area contributed by atoms with Crippen LogP contribution in [-0.4, -0.2) is 24.0 Å². The van der Waals surface area contributed by atoms with E-state index in [0.717, 1.165) is 37.3 Å². The molecule has 4 heteroatoms. The Hall–Kier alpha value is -1.42. The lowest BCUT2D eigenvalue weighted by Gasteiger charge is -2.25. The van der Waals surface area contributed by atoms with Crippen molar-refractivity contribution in [1.29, 1.82) is 0 Å². The number of carbonyl (C=O) groups excluding carboxylic acids is 1. The van der Waals surface area contributed by atoms with Crippen LogP contribution in [0.4, 0.5) is 5.69 Å². The molecule has 1 aromatic heterocycles. The Morgan fingerprint density at radius 3 is 3.06 bits per heavy atom. The molecule has 1 aliphatic heterocycles. The monoisotopic (exact) mass is 233 g/mol. The van der Waals surface area contributed by atoms with Crippen molar-refractivity contribution in [2.45, 2.75) is 26.7 Å². The number of amides is 1. The molecule has 1 unspecified atom stereocenters. The van der Waals surface area contributed by atoms with Gasteiger partial charge in [-0.15, -0.1) is 0 Å². The highest BCUT2D eigenvalue weighted by Gasteiger charge is 2.39. The van der Waals surface area contributed by atoms with Crippen LogP contribution in [0.25, 0.3) is 0 Å². The summed E-state index contributed by atoms with van der Waals surface area (Å²) in [7, 11) is 0. The van der Waals surface area contributed by atoms with Crippen molar-refractivity contribution < 1.29 is 4.79 Å². The molecule has 0 saturated carbocycles. The van der Waals surface area contributed by atoms with Gasteiger partial charge in [0.1, 0.15) is 0 Å². The van der Waals surface area contributed by atoms with Crippen molar-refractivity contribution in [3.63, 3.8) is 0 Å². The molecule has 1 saturated heterocycles. The van der Waals surface area contributed by atoms with Crippen molar-refractivity contribution in [2.24, 2.45) is 5.41 Å². The Morgan fingerprint density at radius 2 is 2.47 bits per heavy atom. The van der Waals surface area contributed by atoms with Crippen LogP contribution < -0.4 is 10.6 Å². The van der Waals surface area contributed by atoms with E-state index < -0.39 is 0 Å². The zero-order valence-electron chi connectivity index (χ0n) is 10.4. The van der Waals surface area contributed by atoms with Gasteiger partial charge in [-0.1, -0.05) is 6.92 Å². The summed E-state index contributed by atoms with van der Waals surface area (Å²) < 4.78 is 0. The van der Waals surface area contributed by atoms with E-state index in [1.54, 1.807) is 6.20 Å². The third kappa shape index (κ3) is 2.31. The van der Waals surface area contributed by atoms with Crippen LogP contribution in [0.2, 0.25) is 0 Å². The van der Waals surface area contributed by atoms with E-state index in [0.29, 0.717) is 0 Å².